The van der Waals surface area contributed by atoms with E-state index in [0.29, 0.717) is 0 Å². The topological polar surface area (TPSA) is 8.17 Å². The minimum absolute atomic E-state index is 0.843. The molecule has 0 radical (unpaired) electrons. The van der Waals surface area contributed by atoms with Gasteiger partial charge in [-0.15, -0.1) is 0 Å². The van der Waals surface area contributed by atoms with Crippen LogP contribution in [-0.2, 0) is 12.8 Å². The zero-order chi connectivity index (χ0) is 49.2. The third-order valence-corrected chi connectivity index (χ3v) is 14.7. The SMILES string of the molecule is c1ccc(Cc2ccccc2-c2ccc(-c3ccc(N(c4ccc(-c5ccc(-c6ccccc6-n6c7ccccc7c7ccccc76)cc5)cc4)c4ccc5ccccc5c4)cc3)cc2Cc2ccccc2)cc1. The molecule has 0 N–H and O–H groups in total. The molecule has 0 spiro atoms. The Labute approximate surface area is 433 Å². The van der Waals surface area contributed by atoms with Gasteiger partial charge >= 0.3 is 0 Å². The van der Waals surface area contributed by atoms with Crippen molar-refractivity contribution in [2.45, 2.75) is 12.8 Å². The largest absolute Gasteiger partial charge is 0.310 e. The highest BCUT2D eigenvalue weighted by Crippen LogP contribution is 2.41. The summed E-state index contributed by atoms with van der Waals surface area (Å²) in [5.41, 5.74) is 21.8. The molecule has 0 saturated heterocycles. The summed E-state index contributed by atoms with van der Waals surface area (Å²) in [6.45, 7) is 0. The Balaban J connectivity index is 0.825. The van der Waals surface area contributed by atoms with Crippen molar-refractivity contribution in [2.75, 3.05) is 4.90 Å². The minimum atomic E-state index is 0.843. The zero-order valence-corrected chi connectivity index (χ0v) is 41.0. The molecule has 0 aliphatic heterocycles. The van der Waals surface area contributed by atoms with E-state index in [1.807, 2.05) is 0 Å². The molecule has 2 heteroatoms. The van der Waals surface area contributed by atoms with E-state index in [9.17, 15) is 0 Å². The molecule has 350 valence electrons. The number of hydrogen-bond donors (Lipinski definition) is 0. The van der Waals surface area contributed by atoms with Gasteiger partial charge in [0.15, 0.2) is 0 Å². The summed E-state index contributed by atoms with van der Waals surface area (Å²) in [6.07, 6.45) is 1.73. The lowest BCUT2D eigenvalue weighted by atomic mass is 9.88. The standard InChI is InChI=1S/C72H52N2/c1-3-17-51(18-4-1)47-60-23-9-10-24-65(60)66-46-40-59(49-61(66)48-52-19-5-2-6-20-52)56-37-43-63(44-38-56)73(64-45-39-53-21-7-8-22-58(53)50-64)62-41-35-55(36-42-62)54-31-33-57(34-32-54)67-25-11-14-28-70(67)74-71-29-15-12-26-68(71)69-27-13-16-30-72(69)74/h1-46,49-50H,47-48H2. The molecule has 0 atom stereocenters. The van der Waals surface area contributed by atoms with Gasteiger partial charge in [0.05, 0.1) is 16.7 Å². The van der Waals surface area contributed by atoms with E-state index in [1.165, 1.54) is 105 Å². The molecule has 0 aliphatic carbocycles. The minimum Gasteiger partial charge on any atom is -0.310 e. The molecule has 0 saturated carbocycles. The van der Waals surface area contributed by atoms with Gasteiger partial charge in [0.2, 0.25) is 0 Å². The Hall–Kier alpha value is -9.50. The van der Waals surface area contributed by atoms with Gasteiger partial charge < -0.3 is 9.47 Å². The van der Waals surface area contributed by atoms with E-state index >= 15 is 0 Å². The molecule has 0 aliphatic rings. The maximum absolute atomic E-state index is 2.41. The van der Waals surface area contributed by atoms with Crippen LogP contribution in [0.15, 0.2) is 291 Å². The molecular formula is C72H52N2. The lowest BCUT2D eigenvalue weighted by Gasteiger charge is -2.26. The molecule has 0 bridgehead atoms. The summed E-state index contributed by atoms with van der Waals surface area (Å²) in [7, 11) is 0. The van der Waals surface area contributed by atoms with Crippen LogP contribution >= 0.6 is 0 Å². The first-order chi connectivity index (χ1) is 36.7. The molecule has 1 aromatic heterocycles. The highest BCUT2D eigenvalue weighted by atomic mass is 15.1. The molecule has 0 unspecified atom stereocenters. The number of hydrogen-bond acceptors (Lipinski definition) is 1. The monoisotopic (exact) mass is 944 g/mol. The van der Waals surface area contributed by atoms with Crippen LogP contribution in [0.4, 0.5) is 17.1 Å². The second kappa shape index (κ2) is 19.6. The summed E-state index contributed by atoms with van der Waals surface area (Å²) < 4.78 is 2.41. The van der Waals surface area contributed by atoms with Gasteiger partial charge in [0.25, 0.3) is 0 Å². The number of rotatable bonds is 12. The van der Waals surface area contributed by atoms with Gasteiger partial charge in [0, 0.05) is 33.4 Å². The van der Waals surface area contributed by atoms with Crippen LogP contribution in [0.25, 0.3) is 82.8 Å². The molecule has 13 rings (SSSR count). The van der Waals surface area contributed by atoms with Crippen LogP contribution in [0.1, 0.15) is 22.3 Å². The summed E-state index contributed by atoms with van der Waals surface area (Å²) in [6, 6.07) is 106. The van der Waals surface area contributed by atoms with Gasteiger partial charge in [0.1, 0.15) is 0 Å². The van der Waals surface area contributed by atoms with E-state index in [4.69, 9.17) is 0 Å². The Kier molecular flexibility index (Phi) is 11.8. The van der Waals surface area contributed by atoms with Gasteiger partial charge in [-0.25, -0.2) is 0 Å². The predicted molar refractivity (Wildman–Crippen MR) is 313 cm³/mol. The van der Waals surface area contributed by atoms with Gasteiger partial charge in [-0.3, -0.25) is 0 Å². The fourth-order valence-corrected chi connectivity index (χ4v) is 11.1. The average molecular weight is 945 g/mol. The zero-order valence-electron chi connectivity index (χ0n) is 41.0. The van der Waals surface area contributed by atoms with E-state index in [-0.39, 0.29) is 0 Å². The van der Waals surface area contributed by atoms with Crippen molar-refractivity contribution in [3.05, 3.63) is 313 Å². The Morgan fingerprint density at radius 2 is 0.716 bits per heavy atom. The predicted octanol–water partition coefficient (Wildman–Crippen LogP) is 19.3. The van der Waals surface area contributed by atoms with Crippen molar-refractivity contribution in [1.82, 2.24) is 4.57 Å². The quantitative estimate of drug-likeness (QED) is 0.118. The van der Waals surface area contributed by atoms with Crippen LogP contribution in [-0.4, -0.2) is 4.57 Å². The first-order valence-corrected chi connectivity index (χ1v) is 25.7. The van der Waals surface area contributed by atoms with Crippen molar-refractivity contribution < 1.29 is 0 Å². The molecule has 13 aromatic rings. The lowest BCUT2D eigenvalue weighted by molar-refractivity contribution is 1.17. The average Bonchev–Trinajstić information content (AvgIpc) is 3.80. The third kappa shape index (κ3) is 8.63. The lowest BCUT2D eigenvalue weighted by Crippen LogP contribution is -2.09. The maximum atomic E-state index is 2.41. The number of fused-ring (bicyclic) bond motifs is 4. The fourth-order valence-electron chi connectivity index (χ4n) is 11.1. The number of benzene rings is 12. The van der Waals surface area contributed by atoms with Crippen molar-refractivity contribution in [1.29, 1.82) is 0 Å². The normalized spacial score (nSPS) is 11.4. The first kappa shape index (κ1) is 44.4. The van der Waals surface area contributed by atoms with Crippen molar-refractivity contribution in [2.24, 2.45) is 0 Å². The van der Waals surface area contributed by atoms with Gasteiger partial charge in [-0.2, -0.15) is 0 Å². The summed E-state index contributed by atoms with van der Waals surface area (Å²) >= 11 is 0. The summed E-state index contributed by atoms with van der Waals surface area (Å²) in [5, 5.41) is 4.96. The highest BCUT2D eigenvalue weighted by molar-refractivity contribution is 6.09. The van der Waals surface area contributed by atoms with Crippen LogP contribution in [0.5, 0.6) is 0 Å². The van der Waals surface area contributed by atoms with Crippen LogP contribution in [0.2, 0.25) is 0 Å². The van der Waals surface area contributed by atoms with Crippen molar-refractivity contribution >= 4 is 49.6 Å². The molecule has 2 nitrogen and oxygen atoms in total. The Morgan fingerprint density at radius 3 is 1.36 bits per heavy atom. The molecular weight excluding hydrogens is 893 g/mol. The second-order valence-corrected chi connectivity index (χ2v) is 19.3. The molecule has 12 aromatic carbocycles. The number of anilines is 3. The van der Waals surface area contributed by atoms with Crippen LogP contribution in [0, 0.1) is 0 Å². The van der Waals surface area contributed by atoms with E-state index < -0.39 is 0 Å². The van der Waals surface area contributed by atoms with Crippen molar-refractivity contribution in [3.63, 3.8) is 0 Å². The third-order valence-electron chi connectivity index (χ3n) is 14.7. The smallest absolute Gasteiger partial charge is 0.0541 e. The number of nitrogens with zero attached hydrogens (tertiary/aromatic N) is 2. The summed E-state index contributed by atoms with van der Waals surface area (Å²) in [4.78, 5) is 2.38. The Bertz CT molecular complexity index is 4040. The Morgan fingerprint density at radius 1 is 0.270 bits per heavy atom. The first-order valence-electron chi connectivity index (χ1n) is 25.7. The molecule has 1 heterocycles. The molecule has 0 fully saturated rings. The number of para-hydroxylation sites is 3. The van der Waals surface area contributed by atoms with E-state index in [1.54, 1.807) is 0 Å². The number of aromatic nitrogens is 1. The van der Waals surface area contributed by atoms with E-state index in [2.05, 4.69) is 301 Å². The van der Waals surface area contributed by atoms with Crippen LogP contribution < -0.4 is 4.90 Å². The highest BCUT2D eigenvalue weighted by Gasteiger charge is 2.18. The van der Waals surface area contributed by atoms with Gasteiger partial charge in [-0.05, 0) is 139 Å². The molecule has 74 heavy (non-hydrogen) atoms. The van der Waals surface area contributed by atoms with Gasteiger partial charge in [-0.1, -0.05) is 237 Å². The molecule has 0 amide bonds. The second-order valence-electron chi connectivity index (χ2n) is 19.3. The van der Waals surface area contributed by atoms with E-state index in [0.717, 1.165) is 29.9 Å². The fraction of sp³-hybridized carbons (Fsp3) is 0.0278. The summed E-state index contributed by atoms with van der Waals surface area (Å²) in [5.74, 6) is 0. The van der Waals surface area contributed by atoms with Crippen molar-refractivity contribution in [3.8, 4) is 50.2 Å². The maximum Gasteiger partial charge on any atom is 0.0541 e. The van der Waals surface area contributed by atoms with Crippen LogP contribution in [0.3, 0.4) is 0 Å².